The van der Waals surface area contributed by atoms with Crippen LogP contribution in [-0.2, 0) is 4.74 Å². The molecular weight excluding hydrogens is 269 g/mol. The van der Waals surface area contributed by atoms with Crippen LogP contribution < -0.4 is 4.90 Å². The number of anilines is 1. The van der Waals surface area contributed by atoms with Gasteiger partial charge in [-0.25, -0.2) is 9.37 Å². The number of fused-ring (bicyclic) bond motifs is 1. The predicted molar refractivity (Wildman–Crippen MR) is 73.3 cm³/mol. The van der Waals surface area contributed by atoms with Gasteiger partial charge in [0.2, 0.25) is 5.95 Å². The maximum absolute atomic E-state index is 13.2. The summed E-state index contributed by atoms with van der Waals surface area (Å²) in [5.74, 6) is 0.929. The van der Waals surface area contributed by atoms with Crippen molar-refractivity contribution in [2.75, 3.05) is 23.9 Å². The van der Waals surface area contributed by atoms with E-state index in [0.29, 0.717) is 17.9 Å². The Morgan fingerprint density at radius 1 is 1.53 bits per heavy atom. The average molecular weight is 284 g/mol. The second-order valence-electron chi connectivity index (χ2n) is 4.85. The molecule has 1 saturated heterocycles. The molecule has 1 aliphatic rings. The zero-order valence-corrected chi connectivity index (χ0v) is 11.3. The smallest absolute Gasteiger partial charge is 0.204 e. The lowest BCUT2D eigenvalue weighted by atomic mass is 10.2. The topological polar surface area (TPSA) is 41.2 Å². The van der Waals surface area contributed by atoms with E-state index in [2.05, 4.69) is 14.9 Å². The van der Waals surface area contributed by atoms with E-state index in [1.165, 1.54) is 12.1 Å². The van der Waals surface area contributed by atoms with Gasteiger partial charge in [-0.05, 0) is 25.1 Å². The molecule has 19 heavy (non-hydrogen) atoms. The number of aromatic amines is 1. The molecule has 102 valence electrons. The number of aromatic nitrogens is 2. The maximum Gasteiger partial charge on any atom is 0.204 e. The van der Waals surface area contributed by atoms with Gasteiger partial charge in [-0.3, -0.25) is 0 Å². The first-order chi connectivity index (χ1) is 9.15. The molecular formula is C13H15ClFN3O. The third-order valence-corrected chi connectivity index (χ3v) is 3.57. The molecule has 0 spiro atoms. The molecule has 3 rings (SSSR count). The molecule has 1 aliphatic heterocycles. The first-order valence-electron chi connectivity index (χ1n) is 6.27. The fraction of sp³-hybridized carbons (Fsp3) is 0.462. The standard InChI is InChI=1S/C13H15ClFN3O/c1-8-6-18(7-10(5-14)19-8)13-16-11-3-2-9(15)4-12(11)17-13/h2-4,8,10H,5-7H2,1H3,(H,16,17). The third-order valence-electron chi connectivity index (χ3n) is 3.23. The molecule has 2 heterocycles. The fourth-order valence-electron chi connectivity index (χ4n) is 2.42. The lowest BCUT2D eigenvalue weighted by molar-refractivity contribution is -0.00377. The fourth-order valence-corrected chi connectivity index (χ4v) is 2.59. The number of rotatable bonds is 2. The van der Waals surface area contributed by atoms with E-state index in [1.54, 1.807) is 6.07 Å². The summed E-state index contributed by atoms with van der Waals surface area (Å²) in [5, 5.41) is 0. The van der Waals surface area contributed by atoms with Gasteiger partial charge in [0.1, 0.15) is 5.82 Å². The normalized spacial score (nSPS) is 24.1. The van der Waals surface area contributed by atoms with E-state index >= 15 is 0 Å². The minimum Gasteiger partial charge on any atom is -0.370 e. The summed E-state index contributed by atoms with van der Waals surface area (Å²) in [5.41, 5.74) is 1.47. The number of hydrogen-bond donors (Lipinski definition) is 1. The molecule has 0 bridgehead atoms. The number of benzene rings is 1. The largest absolute Gasteiger partial charge is 0.370 e. The van der Waals surface area contributed by atoms with E-state index in [9.17, 15) is 4.39 Å². The number of nitrogens with zero attached hydrogens (tertiary/aromatic N) is 2. The van der Waals surface area contributed by atoms with E-state index in [1.807, 2.05) is 6.92 Å². The Morgan fingerprint density at radius 3 is 3.16 bits per heavy atom. The van der Waals surface area contributed by atoms with Crippen LogP contribution in [0.1, 0.15) is 6.92 Å². The third kappa shape index (κ3) is 2.53. The second-order valence-corrected chi connectivity index (χ2v) is 5.16. The average Bonchev–Trinajstić information content (AvgIpc) is 2.80. The van der Waals surface area contributed by atoms with Crippen molar-refractivity contribution >= 4 is 28.6 Å². The van der Waals surface area contributed by atoms with Crippen molar-refractivity contribution in [3.63, 3.8) is 0 Å². The van der Waals surface area contributed by atoms with Gasteiger partial charge < -0.3 is 14.6 Å². The van der Waals surface area contributed by atoms with Crippen LogP contribution in [0.5, 0.6) is 0 Å². The van der Waals surface area contributed by atoms with E-state index < -0.39 is 0 Å². The van der Waals surface area contributed by atoms with Crippen molar-refractivity contribution in [1.29, 1.82) is 0 Å². The van der Waals surface area contributed by atoms with E-state index in [4.69, 9.17) is 16.3 Å². The van der Waals surface area contributed by atoms with Crippen LogP contribution in [0.25, 0.3) is 11.0 Å². The number of hydrogen-bond acceptors (Lipinski definition) is 3. The molecule has 2 aromatic rings. The maximum atomic E-state index is 13.2. The molecule has 0 amide bonds. The first kappa shape index (κ1) is 12.7. The van der Waals surface area contributed by atoms with Crippen molar-refractivity contribution in [3.05, 3.63) is 24.0 Å². The van der Waals surface area contributed by atoms with E-state index in [0.717, 1.165) is 18.0 Å². The number of nitrogens with one attached hydrogen (secondary N) is 1. The Kier molecular flexibility index (Phi) is 3.33. The molecule has 2 unspecified atom stereocenters. The van der Waals surface area contributed by atoms with Gasteiger partial charge in [0.05, 0.1) is 29.1 Å². The van der Waals surface area contributed by atoms with Crippen molar-refractivity contribution in [1.82, 2.24) is 9.97 Å². The number of ether oxygens (including phenoxy) is 1. The van der Waals surface area contributed by atoms with Gasteiger partial charge in [-0.1, -0.05) is 0 Å². The Hall–Kier alpha value is -1.33. The molecule has 1 aromatic heterocycles. The molecule has 1 N–H and O–H groups in total. The van der Waals surface area contributed by atoms with Gasteiger partial charge in [0, 0.05) is 13.1 Å². The Bertz CT molecular complexity index is 588. The number of morpholine rings is 1. The van der Waals surface area contributed by atoms with E-state index in [-0.39, 0.29) is 18.0 Å². The van der Waals surface area contributed by atoms with Crippen LogP contribution in [0.15, 0.2) is 18.2 Å². The lowest BCUT2D eigenvalue weighted by Gasteiger charge is -2.35. The van der Waals surface area contributed by atoms with Crippen molar-refractivity contribution < 1.29 is 9.13 Å². The Balaban J connectivity index is 1.90. The summed E-state index contributed by atoms with van der Waals surface area (Å²) in [7, 11) is 0. The quantitative estimate of drug-likeness (QED) is 0.861. The van der Waals surface area contributed by atoms with Crippen LogP contribution in [0.3, 0.4) is 0 Å². The molecule has 0 saturated carbocycles. The zero-order chi connectivity index (χ0) is 13.4. The zero-order valence-electron chi connectivity index (χ0n) is 10.6. The highest BCUT2D eigenvalue weighted by Gasteiger charge is 2.26. The van der Waals surface area contributed by atoms with Crippen LogP contribution in [0.2, 0.25) is 0 Å². The monoisotopic (exact) mass is 283 g/mol. The highest BCUT2D eigenvalue weighted by atomic mass is 35.5. The van der Waals surface area contributed by atoms with Crippen LogP contribution >= 0.6 is 11.6 Å². The second kappa shape index (κ2) is 4.98. The molecule has 1 aromatic carbocycles. The van der Waals surface area contributed by atoms with Crippen LogP contribution in [-0.4, -0.2) is 41.1 Å². The predicted octanol–water partition coefficient (Wildman–Crippen LogP) is 2.53. The summed E-state index contributed by atoms with van der Waals surface area (Å²) >= 11 is 5.87. The Morgan fingerprint density at radius 2 is 2.37 bits per heavy atom. The molecule has 0 aliphatic carbocycles. The molecule has 4 nitrogen and oxygen atoms in total. The molecule has 0 radical (unpaired) electrons. The SMILES string of the molecule is CC1CN(c2nc3ccc(F)cc3[nH]2)CC(CCl)O1. The molecule has 1 fully saturated rings. The Labute approximate surface area is 115 Å². The number of halogens is 2. The van der Waals surface area contributed by atoms with Crippen LogP contribution in [0, 0.1) is 5.82 Å². The van der Waals surface area contributed by atoms with Gasteiger partial charge in [-0.2, -0.15) is 0 Å². The minimum atomic E-state index is -0.267. The summed E-state index contributed by atoms with van der Waals surface area (Å²) < 4.78 is 18.9. The van der Waals surface area contributed by atoms with Gasteiger partial charge in [0.25, 0.3) is 0 Å². The van der Waals surface area contributed by atoms with Gasteiger partial charge >= 0.3 is 0 Å². The molecule has 6 heteroatoms. The van der Waals surface area contributed by atoms with Gasteiger partial charge in [-0.15, -0.1) is 11.6 Å². The summed E-state index contributed by atoms with van der Waals surface area (Å²) in [6.45, 7) is 3.44. The number of imidazole rings is 1. The number of H-pyrrole nitrogens is 1. The van der Waals surface area contributed by atoms with Crippen molar-refractivity contribution in [2.24, 2.45) is 0 Å². The summed E-state index contributed by atoms with van der Waals surface area (Å²) in [4.78, 5) is 9.73. The number of alkyl halides is 1. The lowest BCUT2D eigenvalue weighted by Crippen LogP contribution is -2.47. The summed E-state index contributed by atoms with van der Waals surface area (Å²) in [6.07, 6.45) is 0.0952. The van der Waals surface area contributed by atoms with Crippen molar-refractivity contribution in [2.45, 2.75) is 19.1 Å². The minimum absolute atomic E-state index is 0.00429. The highest BCUT2D eigenvalue weighted by molar-refractivity contribution is 6.18. The first-order valence-corrected chi connectivity index (χ1v) is 6.81. The van der Waals surface area contributed by atoms with Crippen molar-refractivity contribution in [3.8, 4) is 0 Å². The summed E-state index contributed by atoms with van der Waals surface area (Å²) in [6, 6.07) is 4.54. The van der Waals surface area contributed by atoms with Crippen LogP contribution in [0.4, 0.5) is 10.3 Å². The molecule has 2 atom stereocenters. The van der Waals surface area contributed by atoms with Gasteiger partial charge in [0.15, 0.2) is 0 Å². The highest BCUT2D eigenvalue weighted by Crippen LogP contribution is 2.22.